The first-order chi connectivity index (χ1) is 13.3. The van der Waals surface area contributed by atoms with Crippen LogP contribution in [0.25, 0.3) is 11.1 Å². The van der Waals surface area contributed by atoms with Crippen molar-refractivity contribution in [3.63, 3.8) is 0 Å². The number of rotatable bonds is 5. The van der Waals surface area contributed by atoms with Gasteiger partial charge in [-0.15, -0.1) is 0 Å². The Hall–Kier alpha value is -3.29. The second kappa shape index (κ2) is 8.16. The molecular weight excluding hydrogens is 374 g/mol. The minimum atomic E-state index is -4.70. The fourth-order valence-corrected chi connectivity index (χ4v) is 2.68. The van der Waals surface area contributed by atoms with E-state index in [-0.39, 0.29) is 6.54 Å². The largest absolute Gasteiger partial charge is 0.434 e. The minimum absolute atomic E-state index is 0.161. The van der Waals surface area contributed by atoms with Gasteiger partial charge in [-0.2, -0.15) is 17.6 Å². The zero-order chi connectivity index (χ0) is 20.1. The van der Waals surface area contributed by atoms with Gasteiger partial charge >= 0.3 is 6.18 Å². The topological polar surface area (TPSA) is 54.9 Å². The molecule has 1 aromatic carbocycles. The van der Waals surface area contributed by atoms with Crippen molar-refractivity contribution in [1.82, 2.24) is 15.3 Å². The molecule has 0 saturated heterocycles. The normalized spacial score (nSPS) is 11.3. The van der Waals surface area contributed by atoms with E-state index in [4.69, 9.17) is 0 Å². The molecule has 0 aliphatic heterocycles. The van der Waals surface area contributed by atoms with Gasteiger partial charge in [-0.05, 0) is 41.3 Å². The molecule has 8 heteroatoms. The fraction of sp³-hybridized carbons (Fsp3) is 0.150. The van der Waals surface area contributed by atoms with E-state index in [1.807, 2.05) is 12.1 Å². The summed E-state index contributed by atoms with van der Waals surface area (Å²) in [7, 11) is 0. The third-order valence-corrected chi connectivity index (χ3v) is 4.03. The molecule has 144 valence electrons. The number of aromatic nitrogens is 2. The van der Waals surface area contributed by atoms with Crippen molar-refractivity contribution in [2.24, 2.45) is 0 Å². The zero-order valence-corrected chi connectivity index (χ0v) is 14.5. The van der Waals surface area contributed by atoms with Gasteiger partial charge < -0.3 is 5.32 Å². The third kappa shape index (κ3) is 4.70. The second-order valence-corrected chi connectivity index (χ2v) is 5.97. The Morgan fingerprint density at radius 1 is 0.964 bits per heavy atom. The van der Waals surface area contributed by atoms with Gasteiger partial charge in [0.2, 0.25) is 5.95 Å². The number of carbonyl (C=O) groups excluding carboxylic acids is 1. The Bertz CT molecular complexity index is 972. The standard InChI is InChI=1S/C20H15F4N3O/c21-17-12-15(8-11-25-17)14-5-3-13(4-6-14)7-10-27-19(28)16-2-1-9-26-18(16)20(22,23)24/h1-6,8-9,11-12H,7,10H2,(H,27,28). The van der Waals surface area contributed by atoms with Gasteiger partial charge in [0.05, 0.1) is 5.56 Å². The molecule has 0 radical (unpaired) electrons. The number of nitrogens with zero attached hydrogens (tertiary/aromatic N) is 2. The van der Waals surface area contributed by atoms with Crippen molar-refractivity contribution in [2.45, 2.75) is 12.6 Å². The number of amides is 1. The summed E-state index contributed by atoms with van der Waals surface area (Å²) in [6, 6.07) is 12.6. The highest BCUT2D eigenvalue weighted by molar-refractivity contribution is 5.95. The molecule has 4 nitrogen and oxygen atoms in total. The van der Waals surface area contributed by atoms with Crippen molar-refractivity contribution >= 4 is 5.91 Å². The van der Waals surface area contributed by atoms with Crippen LogP contribution in [0.4, 0.5) is 17.6 Å². The van der Waals surface area contributed by atoms with E-state index in [1.54, 1.807) is 18.2 Å². The highest BCUT2D eigenvalue weighted by atomic mass is 19.4. The van der Waals surface area contributed by atoms with E-state index in [0.717, 1.165) is 23.4 Å². The minimum Gasteiger partial charge on any atom is -0.352 e. The Balaban J connectivity index is 1.61. The Labute approximate surface area is 158 Å². The van der Waals surface area contributed by atoms with E-state index in [9.17, 15) is 22.4 Å². The summed E-state index contributed by atoms with van der Waals surface area (Å²) in [5.74, 6) is -1.40. The molecule has 0 atom stereocenters. The number of hydrogen-bond donors (Lipinski definition) is 1. The van der Waals surface area contributed by atoms with Gasteiger partial charge in [0.25, 0.3) is 5.91 Å². The van der Waals surface area contributed by atoms with Gasteiger partial charge in [-0.3, -0.25) is 9.78 Å². The Kier molecular flexibility index (Phi) is 5.67. The van der Waals surface area contributed by atoms with Crippen LogP contribution in [0.15, 0.2) is 60.9 Å². The quantitative estimate of drug-likeness (QED) is 0.524. The molecular formula is C20H15F4N3O. The van der Waals surface area contributed by atoms with Crippen LogP contribution in [-0.2, 0) is 12.6 Å². The molecule has 0 fully saturated rings. The number of benzene rings is 1. The van der Waals surface area contributed by atoms with Crippen molar-refractivity contribution < 1.29 is 22.4 Å². The maximum absolute atomic E-state index is 13.2. The first kappa shape index (κ1) is 19.5. The lowest BCUT2D eigenvalue weighted by Gasteiger charge is -2.11. The summed E-state index contributed by atoms with van der Waals surface area (Å²) in [5, 5.41) is 2.48. The monoisotopic (exact) mass is 389 g/mol. The lowest BCUT2D eigenvalue weighted by molar-refractivity contribution is -0.141. The van der Waals surface area contributed by atoms with E-state index >= 15 is 0 Å². The molecule has 0 bridgehead atoms. The maximum atomic E-state index is 13.2. The van der Waals surface area contributed by atoms with Crippen LogP contribution in [0, 0.1) is 5.95 Å². The molecule has 0 saturated carbocycles. The summed E-state index contributed by atoms with van der Waals surface area (Å²) >= 11 is 0. The van der Waals surface area contributed by atoms with Crippen LogP contribution in [-0.4, -0.2) is 22.4 Å². The van der Waals surface area contributed by atoms with Gasteiger partial charge in [0.1, 0.15) is 0 Å². The molecule has 0 unspecified atom stereocenters. The van der Waals surface area contributed by atoms with E-state index in [2.05, 4.69) is 15.3 Å². The molecule has 2 aromatic heterocycles. The zero-order valence-electron chi connectivity index (χ0n) is 14.5. The predicted molar refractivity (Wildman–Crippen MR) is 94.9 cm³/mol. The van der Waals surface area contributed by atoms with Crippen LogP contribution >= 0.6 is 0 Å². The number of nitrogens with one attached hydrogen (secondary N) is 1. The number of carbonyl (C=O) groups is 1. The van der Waals surface area contributed by atoms with Crippen LogP contribution in [0.1, 0.15) is 21.6 Å². The average molecular weight is 389 g/mol. The molecule has 0 aliphatic carbocycles. The summed E-state index contributed by atoms with van der Waals surface area (Å²) in [4.78, 5) is 18.9. The molecule has 0 aliphatic rings. The summed E-state index contributed by atoms with van der Waals surface area (Å²) in [6.07, 6.45) is -1.90. The highest BCUT2D eigenvalue weighted by Gasteiger charge is 2.36. The number of halogens is 4. The Morgan fingerprint density at radius 2 is 1.71 bits per heavy atom. The van der Waals surface area contributed by atoms with Crippen molar-refractivity contribution in [1.29, 1.82) is 0 Å². The first-order valence-electron chi connectivity index (χ1n) is 8.36. The maximum Gasteiger partial charge on any atom is 0.434 e. The number of alkyl halides is 3. The lowest BCUT2D eigenvalue weighted by Crippen LogP contribution is -2.28. The third-order valence-electron chi connectivity index (χ3n) is 4.03. The van der Waals surface area contributed by atoms with Gasteiger partial charge in [0.15, 0.2) is 5.69 Å². The molecule has 3 aromatic rings. The van der Waals surface area contributed by atoms with E-state index in [0.29, 0.717) is 12.0 Å². The first-order valence-corrected chi connectivity index (χ1v) is 8.36. The van der Waals surface area contributed by atoms with Crippen molar-refractivity contribution in [2.75, 3.05) is 6.54 Å². The molecule has 1 N–H and O–H groups in total. The highest BCUT2D eigenvalue weighted by Crippen LogP contribution is 2.29. The van der Waals surface area contributed by atoms with Gasteiger partial charge in [0, 0.05) is 25.0 Å². The van der Waals surface area contributed by atoms with Gasteiger partial charge in [-0.1, -0.05) is 24.3 Å². The van der Waals surface area contributed by atoms with Crippen molar-refractivity contribution in [3.8, 4) is 11.1 Å². The molecule has 1 amide bonds. The summed E-state index contributed by atoms with van der Waals surface area (Å²) in [6.45, 7) is 0.161. The molecule has 0 spiro atoms. The average Bonchev–Trinajstić information content (AvgIpc) is 2.68. The van der Waals surface area contributed by atoms with E-state index in [1.165, 1.54) is 18.3 Å². The number of hydrogen-bond acceptors (Lipinski definition) is 3. The van der Waals surface area contributed by atoms with Crippen LogP contribution < -0.4 is 5.32 Å². The van der Waals surface area contributed by atoms with Crippen LogP contribution in [0.3, 0.4) is 0 Å². The molecule has 2 heterocycles. The fourth-order valence-electron chi connectivity index (χ4n) is 2.68. The second-order valence-electron chi connectivity index (χ2n) is 5.97. The molecule has 3 rings (SSSR count). The predicted octanol–water partition coefficient (Wildman–Crippen LogP) is 4.27. The lowest BCUT2D eigenvalue weighted by atomic mass is 10.0. The number of pyridine rings is 2. The Morgan fingerprint density at radius 3 is 2.39 bits per heavy atom. The SMILES string of the molecule is O=C(NCCc1ccc(-c2ccnc(F)c2)cc1)c1cccnc1C(F)(F)F. The summed E-state index contributed by atoms with van der Waals surface area (Å²) in [5.41, 5.74) is 0.648. The smallest absolute Gasteiger partial charge is 0.352 e. The molecule has 28 heavy (non-hydrogen) atoms. The van der Waals surface area contributed by atoms with E-state index < -0.39 is 29.3 Å². The van der Waals surface area contributed by atoms with Crippen LogP contribution in [0.2, 0.25) is 0 Å². The van der Waals surface area contributed by atoms with Crippen molar-refractivity contribution in [3.05, 3.63) is 83.7 Å². The van der Waals surface area contributed by atoms with Gasteiger partial charge in [-0.25, -0.2) is 4.98 Å². The van der Waals surface area contributed by atoms with Crippen LogP contribution in [0.5, 0.6) is 0 Å². The summed E-state index contributed by atoms with van der Waals surface area (Å²) < 4.78 is 52.0.